The zero-order valence-electron chi connectivity index (χ0n) is 14.0. The number of fused-ring (bicyclic) bond motifs is 1. The number of amides is 1. The predicted molar refractivity (Wildman–Crippen MR) is 103 cm³/mol. The minimum absolute atomic E-state index is 0.108. The summed E-state index contributed by atoms with van der Waals surface area (Å²) in [6, 6.07) is 13.8. The molecule has 3 rings (SSSR count). The first-order valence-corrected chi connectivity index (χ1v) is 8.78. The van der Waals surface area contributed by atoms with E-state index in [-0.39, 0.29) is 10.7 Å². The van der Waals surface area contributed by atoms with Crippen LogP contribution in [0, 0.1) is 0 Å². The van der Waals surface area contributed by atoms with Crippen LogP contribution in [-0.2, 0) is 9.53 Å². The fraction of sp³-hybridized carbons (Fsp3) is 0.278. The Kier molecular flexibility index (Phi) is 5.45. The number of carbonyl (C=O) groups is 1. The van der Waals surface area contributed by atoms with Gasteiger partial charge in [0.2, 0.25) is 0 Å². The third kappa shape index (κ3) is 4.05. The molecule has 6 nitrogen and oxygen atoms in total. The van der Waals surface area contributed by atoms with Crippen molar-refractivity contribution in [3.63, 3.8) is 0 Å². The largest absolute Gasteiger partial charge is 0.367 e. The molecule has 0 saturated heterocycles. The number of rotatable bonds is 5. The van der Waals surface area contributed by atoms with Gasteiger partial charge in [-0.2, -0.15) is 10.2 Å². The van der Waals surface area contributed by atoms with Gasteiger partial charge in [0, 0.05) is 14.2 Å². The summed E-state index contributed by atoms with van der Waals surface area (Å²) in [4.78, 5) is 12.5. The van der Waals surface area contributed by atoms with E-state index in [9.17, 15) is 4.79 Å². The number of methoxy groups -OCH3 is 1. The molecule has 2 atom stereocenters. The first kappa shape index (κ1) is 17.6. The van der Waals surface area contributed by atoms with Gasteiger partial charge in [0.1, 0.15) is 0 Å². The second kappa shape index (κ2) is 7.76. The highest BCUT2D eigenvalue weighted by Gasteiger charge is 2.22. The maximum Gasteiger partial charge on any atom is 0.273 e. The van der Waals surface area contributed by atoms with E-state index in [0.717, 1.165) is 28.6 Å². The molecule has 2 aromatic rings. The standard InChI is InChI=1S/C18H19BrN4O2/c1-23-11-15(19)16(22-23)10-20-21-18(24)17(25-2)14-8-7-12-5-3-4-6-13(12)9-14/h3-10,15,17H,11H2,1-2H3,(H,21,24)/b20-10+. The van der Waals surface area contributed by atoms with Gasteiger partial charge in [-0.05, 0) is 22.4 Å². The molecule has 0 aromatic heterocycles. The van der Waals surface area contributed by atoms with Gasteiger partial charge in [0.15, 0.2) is 6.10 Å². The molecule has 25 heavy (non-hydrogen) atoms. The molecular formula is C18H19BrN4O2. The van der Waals surface area contributed by atoms with Crippen molar-refractivity contribution in [2.24, 2.45) is 10.2 Å². The van der Waals surface area contributed by atoms with Gasteiger partial charge >= 0.3 is 0 Å². The van der Waals surface area contributed by atoms with Crippen molar-refractivity contribution in [3.8, 4) is 0 Å². The van der Waals surface area contributed by atoms with Crippen LogP contribution in [0.3, 0.4) is 0 Å². The fourth-order valence-electron chi connectivity index (χ4n) is 2.72. The smallest absolute Gasteiger partial charge is 0.273 e. The summed E-state index contributed by atoms with van der Waals surface area (Å²) in [5, 5.41) is 12.3. The number of hydrogen-bond donors (Lipinski definition) is 1. The Labute approximate surface area is 154 Å². The van der Waals surface area contributed by atoms with Gasteiger partial charge in [-0.15, -0.1) is 0 Å². The first-order valence-electron chi connectivity index (χ1n) is 7.86. The number of nitrogens with zero attached hydrogens (tertiary/aromatic N) is 3. The summed E-state index contributed by atoms with van der Waals surface area (Å²) in [5.41, 5.74) is 4.08. The summed E-state index contributed by atoms with van der Waals surface area (Å²) in [6.07, 6.45) is 0.822. The number of hydrazone groups is 2. The number of benzene rings is 2. The van der Waals surface area contributed by atoms with Crippen molar-refractivity contribution < 1.29 is 9.53 Å². The molecule has 1 N–H and O–H groups in total. The van der Waals surface area contributed by atoms with Crippen LogP contribution in [0.4, 0.5) is 0 Å². The van der Waals surface area contributed by atoms with Gasteiger partial charge in [-0.1, -0.05) is 52.3 Å². The average molecular weight is 403 g/mol. The zero-order chi connectivity index (χ0) is 17.8. The maximum absolute atomic E-state index is 12.4. The summed E-state index contributed by atoms with van der Waals surface area (Å²) in [6.45, 7) is 0.771. The van der Waals surface area contributed by atoms with E-state index in [1.165, 1.54) is 7.11 Å². The Balaban J connectivity index is 1.71. The highest BCUT2D eigenvalue weighted by molar-refractivity contribution is 9.10. The Morgan fingerprint density at radius 2 is 2.16 bits per heavy atom. The number of carbonyl (C=O) groups excluding carboxylic acids is 1. The van der Waals surface area contributed by atoms with Crippen LogP contribution in [0.25, 0.3) is 10.8 Å². The zero-order valence-corrected chi connectivity index (χ0v) is 15.6. The van der Waals surface area contributed by atoms with Crippen LogP contribution in [0.5, 0.6) is 0 Å². The van der Waals surface area contributed by atoms with E-state index in [4.69, 9.17) is 4.74 Å². The molecule has 1 amide bonds. The van der Waals surface area contributed by atoms with Crippen molar-refractivity contribution in [3.05, 3.63) is 48.0 Å². The molecule has 0 saturated carbocycles. The highest BCUT2D eigenvalue weighted by atomic mass is 79.9. The lowest BCUT2D eigenvalue weighted by Crippen LogP contribution is -2.27. The second-order valence-corrected chi connectivity index (χ2v) is 6.89. The van der Waals surface area contributed by atoms with Crippen LogP contribution in [0.1, 0.15) is 11.7 Å². The minimum atomic E-state index is -0.727. The molecule has 1 aliphatic rings. The van der Waals surface area contributed by atoms with E-state index >= 15 is 0 Å². The average Bonchev–Trinajstić information content (AvgIpc) is 2.93. The second-order valence-electron chi connectivity index (χ2n) is 5.79. The van der Waals surface area contributed by atoms with Gasteiger partial charge in [-0.3, -0.25) is 9.80 Å². The minimum Gasteiger partial charge on any atom is -0.367 e. The Morgan fingerprint density at radius 3 is 2.84 bits per heavy atom. The SMILES string of the molecule is COC(C(=O)N/N=C/C1=NN(C)CC1Br)c1ccc2ccccc2c1. The van der Waals surface area contributed by atoms with Crippen LogP contribution in [0.2, 0.25) is 0 Å². The molecule has 0 fully saturated rings. The van der Waals surface area contributed by atoms with E-state index in [1.54, 1.807) is 6.21 Å². The quantitative estimate of drug-likeness (QED) is 0.474. The summed E-state index contributed by atoms with van der Waals surface area (Å²) >= 11 is 3.51. The van der Waals surface area contributed by atoms with Crippen molar-refractivity contribution in [1.82, 2.24) is 10.4 Å². The monoisotopic (exact) mass is 402 g/mol. The van der Waals surface area contributed by atoms with Gasteiger partial charge in [0.25, 0.3) is 5.91 Å². The van der Waals surface area contributed by atoms with Crippen molar-refractivity contribution >= 4 is 44.5 Å². The van der Waals surface area contributed by atoms with Gasteiger partial charge in [-0.25, -0.2) is 5.43 Å². The third-order valence-electron chi connectivity index (χ3n) is 3.95. The van der Waals surface area contributed by atoms with Crippen LogP contribution >= 0.6 is 15.9 Å². The lowest BCUT2D eigenvalue weighted by Gasteiger charge is -2.14. The van der Waals surface area contributed by atoms with Crippen molar-refractivity contribution in [2.75, 3.05) is 20.7 Å². The highest BCUT2D eigenvalue weighted by Crippen LogP contribution is 2.22. The molecule has 0 spiro atoms. The number of hydrogen-bond acceptors (Lipinski definition) is 5. The molecule has 2 aromatic carbocycles. The maximum atomic E-state index is 12.4. The summed E-state index contributed by atoms with van der Waals surface area (Å²) < 4.78 is 5.37. The number of ether oxygens (including phenoxy) is 1. The Bertz CT molecular complexity index is 837. The van der Waals surface area contributed by atoms with Gasteiger partial charge in [0.05, 0.1) is 23.3 Å². The number of nitrogens with one attached hydrogen (secondary N) is 1. The molecule has 7 heteroatoms. The Morgan fingerprint density at radius 1 is 1.40 bits per heavy atom. The Hall–Kier alpha value is -2.25. The lowest BCUT2D eigenvalue weighted by atomic mass is 10.0. The molecule has 130 valence electrons. The van der Waals surface area contributed by atoms with Crippen LogP contribution in [-0.4, -0.2) is 48.4 Å². The lowest BCUT2D eigenvalue weighted by molar-refractivity contribution is -0.131. The molecule has 1 heterocycles. The molecular weight excluding hydrogens is 384 g/mol. The molecule has 1 aliphatic heterocycles. The van der Waals surface area contributed by atoms with Crippen LogP contribution in [0.15, 0.2) is 52.7 Å². The van der Waals surface area contributed by atoms with Crippen molar-refractivity contribution in [1.29, 1.82) is 0 Å². The van der Waals surface area contributed by atoms with Gasteiger partial charge < -0.3 is 4.74 Å². The topological polar surface area (TPSA) is 66.3 Å². The molecule has 0 bridgehead atoms. The molecule has 0 radical (unpaired) electrons. The summed E-state index contributed by atoms with van der Waals surface area (Å²) in [7, 11) is 3.39. The first-order chi connectivity index (χ1) is 12.1. The normalized spacial score (nSPS) is 18.6. The van der Waals surface area contributed by atoms with E-state index < -0.39 is 6.10 Å². The van der Waals surface area contributed by atoms with E-state index in [0.29, 0.717) is 0 Å². The summed E-state index contributed by atoms with van der Waals surface area (Å²) in [5.74, 6) is -0.327. The number of halogens is 1. The number of alkyl halides is 1. The third-order valence-corrected chi connectivity index (χ3v) is 4.71. The van der Waals surface area contributed by atoms with E-state index in [1.807, 2.05) is 54.5 Å². The van der Waals surface area contributed by atoms with E-state index in [2.05, 4.69) is 31.6 Å². The van der Waals surface area contributed by atoms with Crippen molar-refractivity contribution in [2.45, 2.75) is 10.9 Å². The molecule has 0 aliphatic carbocycles. The molecule has 2 unspecified atom stereocenters. The predicted octanol–water partition coefficient (Wildman–Crippen LogP) is 2.69. The fourth-order valence-corrected chi connectivity index (χ4v) is 3.35. The van der Waals surface area contributed by atoms with Crippen LogP contribution < -0.4 is 5.43 Å².